The van der Waals surface area contributed by atoms with E-state index in [1.807, 2.05) is 0 Å². The highest BCUT2D eigenvalue weighted by Crippen LogP contribution is 2.65. The molecule has 0 saturated heterocycles. The first-order valence-electron chi connectivity index (χ1n) is 8.23. The minimum Gasteiger partial charge on any atom is -0.276 e. The molecule has 1 aromatic carbocycles. The number of carbonyl (C=O) groups is 2. The normalized spacial score (nSPS) is 15.1. The van der Waals surface area contributed by atoms with Gasteiger partial charge in [-0.25, -0.2) is 0 Å². The highest BCUT2D eigenvalue weighted by molar-refractivity contribution is 6.69. The molecule has 0 aromatic heterocycles. The standard InChI is InChI=1S/C16H3Cl2F17O2/c17-7(36)4-1-5(8(18)37)3-6(2-4)9(19,20)10(21,22)11(23,24)12(25,26)13(27,28)14(29,30)15(31,32)16(33,34)35/h1-3H. The summed E-state index contributed by atoms with van der Waals surface area (Å²) in [7, 11) is 0. The molecule has 0 bridgehead atoms. The molecular formula is C16H3Cl2F17O2. The maximum absolute atomic E-state index is 14.3. The van der Waals surface area contributed by atoms with Crippen LogP contribution in [0, 0.1) is 0 Å². The van der Waals surface area contributed by atoms with E-state index in [0.717, 1.165) is 0 Å². The minimum absolute atomic E-state index is 0.156. The topological polar surface area (TPSA) is 34.1 Å². The van der Waals surface area contributed by atoms with Crippen LogP contribution in [0.25, 0.3) is 0 Å². The summed E-state index contributed by atoms with van der Waals surface area (Å²) in [5, 5.41) is -3.84. The van der Waals surface area contributed by atoms with Gasteiger partial charge in [-0.3, -0.25) is 9.59 Å². The molecule has 212 valence electrons. The largest absolute Gasteiger partial charge is 0.460 e. The van der Waals surface area contributed by atoms with Gasteiger partial charge >= 0.3 is 47.6 Å². The molecule has 0 aliphatic carbocycles. The molecule has 0 spiro atoms. The van der Waals surface area contributed by atoms with Crippen molar-refractivity contribution >= 4 is 33.7 Å². The van der Waals surface area contributed by atoms with Gasteiger partial charge in [-0.1, -0.05) is 0 Å². The van der Waals surface area contributed by atoms with E-state index >= 15 is 0 Å². The summed E-state index contributed by atoms with van der Waals surface area (Å²) in [6, 6.07) is -1.03. The number of hydrogen-bond donors (Lipinski definition) is 0. The summed E-state index contributed by atoms with van der Waals surface area (Å²) in [6.45, 7) is 0. The zero-order valence-corrected chi connectivity index (χ0v) is 17.7. The van der Waals surface area contributed by atoms with Crippen LogP contribution in [0.2, 0.25) is 0 Å². The lowest BCUT2D eigenvalue weighted by atomic mass is 9.86. The summed E-state index contributed by atoms with van der Waals surface area (Å²) in [6.07, 6.45) is -7.86. The van der Waals surface area contributed by atoms with E-state index < -0.39 is 86.9 Å². The van der Waals surface area contributed by atoms with Crippen molar-refractivity contribution < 1.29 is 84.2 Å². The summed E-state index contributed by atoms with van der Waals surface area (Å²) in [4.78, 5) is 22.2. The second kappa shape index (κ2) is 9.01. The molecule has 2 nitrogen and oxygen atoms in total. The Bertz CT molecular complexity index is 1050. The first-order chi connectivity index (χ1) is 16.0. The molecule has 21 heteroatoms. The number of rotatable bonds is 9. The Balaban J connectivity index is 3.88. The quantitative estimate of drug-likeness (QED) is 0.208. The molecule has 0 aliphatic heterocycles. The molecule has 0 saturated carbocycles. The first-order valence-corrected chi connectivity index (χ1v) is 8.99. The zero-order chi connectivity index (χ0) is 30.0. The van der Waals surface area contributed by atoms with Gasteiger partial charge in [0.25, 0.3) is 10.5 Å². The molecular weight excluding hydrogens is 618 g/mol. The van der Waals surface area contributed by atoms with Crippen molar-refractivity contribution in [3.8, 4) is 0 Å². The smallest absolute Gasteiger partial charge is 0.276 e. The van der Waals surface area contributed by atoms with E-state index in [2.05, 4.69) is 0 Å². The minimum atomic E-state index is -8.78. The Kier molecular flexibility index (Phi) is 8.03. The summed E-state index contributed by atoms with van der Waals surface area (Å²) < 4.78 is 227. The predicted octanol–water partition coefficient (Wildman–Crippen LogP) is 7.91. The maximum Gasteiger partial charge on any atom is 0.460 e. The molecule has 0 aliphatic rings. The molecule has 0 N–H and O–H groups in total. The van der Waals surface area contributed by atoms with E-state index in [4.69, 9.17) is 23.2 Å². The molecule has 1 rings (SSSR count). The van der Waals surface area contributed by atoms with E-state index in [0.29, 0.717) is 0 Å². The van der Waals surface area contributed by atoms with Crippen LogP contribution in [0.4, 0.5) is 74.6 Å². The lowest BCUT2D eigenvalue weighted by molar-refractivity contribution is -0.462. The van der Waals surface area contributed by atoms with Gasteiger partial charge in [0.1, 0.15) is 0 Å². The van der Waals surface area contributed by atoms with Gasteiger partial charge in [-0.2, -0.15) is 74.6 Å². The fourth-order valence-electron chi connectivity index (χ4n) is 2.38. The highest BCUT2D eigenvalue weighted by atomic mass is 35.5. The van der Waals surface area contributed by atoms with Crippen LogP contribution in [-0.4, -0.2) is 52.2 Å². The fraction of sp³-hybridized carbons (Fsp3) is 0.500. The van der Waals surface area contributed by atoms with E-state index in [9.17, 15) is 84.2 Å². The molecule has 0 atom stereocenters. The second-order valence-corrected chi connectivity index (χ2v) is 7.55. The Hall–Kier alpha value is -2.05. The molecule has 0 amide bonds. The summed E-state index contributed by atoms with van der Waals surface area (Å²) in [5.74, 6) is -58.0. The van der Waals surface area contributed by atoms with Crippen molar-refractivity contribution in [3.05, 3.63) is 34.9 Å². The van der Waals surface area contributed by atoms with Crippen LogP contribution in [0.15, 0.2) is 18.2 Å². The van der Waals surface area contributed by atoms with Crippen molar-refractivity contribution in [1.29, 1.82) is 0 Å². The Labute approximate surface area is 201 Å². The van der Waals surface area contributed by atoms with Crippen LogP contribution in [-0.2, 0) is 5.92 Å². The fourth-order valence-corrected chi connectivity index (χ4v) is 2.60. The van der Waals surface area contributed by atoms with Gasteiger partial charge in [0.2, 0.25) is 0 Å². The first kappa shape index (κ1) is 33.0. The van der Waals surface area contributed by atoms with Crippen LogP contribution < -0.4 is 0 Å². The van der Waals surface area contributed by atoms with Crippen molar-refractivity contribution in [1.82, 2.24) is 0 Å². The zero-order valence-electron chi connectivity index (χ0n) is 16.2. The van der Waals surface area contributed by atoms with Gasteiger partial charge in [0, 0.05) is 16.7 Å². The molecule has 0 heterocycles. The lowest BCUT2D eigenvalue weighted by Gasteiger charge is -2.42. The van der Waals surface area contributed by atoms with Crippen LogP contribution >= 0.6 is 23.2 Å². The predicted molar refractivity (Wildman–Crippen MR) is 86.4 cm³/mol. The molecule has 37 heavy (non-hydrogen) atoms. The maximum atomic E-state index is 14.3. The lowest BCUT2D eigenvalue weighted by Crippen LogP contribution is -2.74. The van der Waals surface area contributed by atoms with Crippen molar-refractivity contribution in [2.24, 2.45) is 0 Å². The Morgan fingerprint density at radius 3 is 1.00 bits per heavy atom. The summed E-state index contributed by atoms with van der Waals surface area (Å²) >= 11 is 9.66. The SMILES string of the molecule is O=C(Cl)c1cc(C(=O)Cl)cc(C(F)(F)C(F)(F)C(F)(F)C(F)(F)C(F)(F)C(F)(F)C(F)(F)C(F)(F)F)c1. The molecule has 0 fully saturated rings. The van der Waals surface area contributed by atoms with Gasteiger partial charge < -0.3 is 0 Å². The van der Waals surface area contributed by atoms with Crippen LogP contribution in [0.1, 0.15) is 26.3 Å². The van der Waals surface area contributed by atoms with Crippen molar-refractivity contribution in [2.75, 3.05) is 0 Å². The third-order valence-corrected chi connectivity index (χ3v) is 4.91. The molecule has 0 radical (unpaired) electrons. The van der Waals surface area contributed by atoms with E-state index in [1.54, 1.807) is 0 Å². The van der Waals surface area contributed by atoms with Gasteiger partial charge in [-0.05, 0) is 41.4 Å². The number of alkyl halides is 17. The number of hydrogen-bond acceptors (Lipinski definition) is 2. The Morgan fingerprint density at radius 1 is 0.459 bits per heavy atom. The van der Waals surface area contributed by atoms with Gasteiger partial charge in [0.05, 0.1) is 0 Å². The van der Waals surface area contributed by atoms with Crippen LogP contribution in [0.3, 0.4) is 0 Å². The summed E-state index contributed by atoms with van der Waals surface area (Å²) in [5.41, 5.74) is -5.68. The van der Waals surface area contributed by atoms with Gasteiger partial charge in [0.15, 0.2) is 0 Å². The molecule has 0 unspecified atom stereocenters. The number of halogens is 19. The second-order valence-electron chi connectivity index (χ2n) is 6.86. The monoisotopic (exact) mass is 620 g/mol. The number of carbonyl (C=O) groups excluding carboxylic acids is 2. The van der Waals surface area contributed by atoms with Crippen molar-refractivity contribution in [3.63, 3.8) is 0 Å². The Morgan fingerprint density at radius 2 is 0.730 bits per heavy atom. The third-order valence-electron chi connectivity index (χ3n) is 4.47. The highest BCUT2D eigenvalue weighted by Gasteiger charge is 2.95. The van der Waals surface area contributed by atoms with E-state index in [1.165, 1.54) is 0 Å². The van der Waals surface area contributed by atoms with E-state index in [-0.39, 0.29) is 6.07 Å². The van der Waals surface area contributed by atoms with Crippen molar-refractivity contribution in [2.45, 2.75) is 47.6 Å². The van der Waals surface area contributed by atoms with Crippen LogP contribution in [0.5, 0.6) is 0 Å². The molecule has 1 aromatic rings. The third kappa shape index (κ3) is 4.58. The van der Waals surface area contributed by atoms with Gasteiger partial charge in [-0.15, -0.1) is 0 Å². The average Bonchev–Trinajstić information content (AvgIpc) is 2.71. The number of benzene rings is 1. The average molecular weight is 621 g/mol.